The molecule has 0 aliphatic carbocycles. The van der Waals surface area contributed by atoms with E-state index in [2.05, 4.69) is 16.7 Å². The SMILES string of the molecule is C[C@H](c1cc2ccccc2o1)N(C)C(=O)Cc1cn(C)c2ccccc12. The van der Waals surface area contributed by atoms with E-state index >= 15 is 0 Å². The first-order valence-corrected chi connectivity index (χ1v) is 8.81. The van der Waals surface area contributed by atoms with Gasteiger partial charge in [-0.05, 0) is 30.7 Å². The van der Waals surface area contributed by atoms with E-state index in [1.807, 2.05) is 69.7 Å². The first-order chi connectivity index (χ1) is 12.5. The van der Waals surface area contributed by atoms with Crippen LogP contribution in [0.15, 0.2) is 65.2 Å². The standard InChI is InChI=1S/C22H22N2O2/c1-15(21-12-16-8-4-7-11-20(16)26-21)24(3)22(25)13-17-14-23(2)19-10-6-5-9-18(17)19/h4-12,14-15H,13H2,1-3H3/t15-/m1/s1. The van der Waals surface area contributed by atoms with Crippen molar-refractivity contribution in [2.45, 2.75) is 19.4 Å². The van der Waals surface area contributed by atoms with Gasteiger partial charge >= 0.3 is 0 Å². The minimum absolute atomic E-state index is 0.0781. The number of hydrogen-bond acceptors (Lipinski definition) is 2. The fourth-order valence-corrected chi connectivity index (χ4v) is 3.47. The quantitative estimate of drug-likeness (QED) is 0.538. The Hall–Kier alpha value is -3.01. The van der Waals surface area contributed by atoms with Crippen LogP contribution < -0.4 is 0 Å². The van der Waals surface area contributed by atoms with E-state index in [4.69, 9.17) is 4.42 Å². The van der Waals surface area contributed by atoms with E-state index in [1.165, 1.54) is 0 Å². The van der Waals surface area contributed by atoms with E-state index < -0.39 is 0 Å². The fraction of sp³-hybridized carbons (Fsp3) is 0.227. The van der Waals surface area contributed by atoms with Crippen molar-refractivity contribution < 1.29 is 9.21 Å². The molecule has 2 heterocycles. The molecule has 1 amide bonds. The number of likely N-dealkylation sites (N-methyl/N-ethyl adjacent to an activating group) is 1. The molecule has 4 aromatic rings. The monoisotopic (exact) mass is 346 g/mol. The van der Waals surface area contributed by atoms with Crippen LogP contribution in [0.4, 0.5) is 0 Å². The number of nitrogens with zero attached hydrogens (tertiary/aromatic N) is 2. The van der Waals surface area contributed by atoms with Crippen molar-refractivity contribution in [1.29, 1.82) is 0 Å². The molecule has 0 unspecified atom stereocenters. The van der Waals surface area contributed by atoms with Crippen LogP contribution in [0, 0.1) is 0 Å². The Balaban J connectivity index is 1.57. The second kappa shape index (κ2) is 6.37. The molecule has 0 bridgehead atoms. The van der Waals surface area contributed by atoms with Crippen LogP contribution in [0.2, 0.25) is 0 Å². The lowest BCUT2D eigenvalue weighted by Crippen LogP contribution is -2.30. The average Bonchev–Trinajstić information content (AvgIpc) is 3.22. The molecule has 2 aromatic heterocycles. The third-order valence-corrected chi connectivity index (χ3v) is 5.15. The van der Waals surface area contributed by atoms with Gasteiger partial charge in [-0.3, -0.25) is 4.79 Å². The minimum atomic E-state index is -0.120. The molecular weight excluding hydrogens is 324 g/mol. The summed E-state index contributed by atoms with van der Waals surface area (Å²) in [5, 5.41) is 2.19. The van der Waals surface area contributed by atoms with Gasteiger partial charge in [0.05, 0.1) is 12.5 Å². The van der Waals surface area contributed by atoms with Crippen molar-refractivity contribution in [3.05, 3.63) is 72.1 Å². The zero-order chi connectivity index (χ0) is 18.3. The molecule has 4 rings (SSSR count). The molecule has 0 saturated carbocycles. The summed E-state index contributed by atoms with van der Waals surface area (Å²) in [6, 6.07) is 18.0. The van der Waals surface area contributed by atoms with Gasteiger partial charge in [0.2, 0.25) is 5.91 Å². The molecular formula is C22H22N2O2. The maximum absolute atomic E-state index is 12.9. The summed E-state index contributed by atoms with van der Waals surface area (Å²) < 4.78 is 8.00. The van der Waals surface area contributed by atoms with Crippen LogP contribution >= 0.6 is 0 Å². The van der Waals surface area contributed by atoms with Gasteiger partial charge < -0.3 is 13.9 Å². The molecule has 0 fully saturated rings. The van der Waals surface area contributed by atoms with Crippen LogP contribution in [-0.4, -0.2) is 22.4 Å². The third-order valence-electron chi connectivity index (χ3n) is 5.15. The summed E-state index contributed by atoms with van der Waals surface area (Å²) in [5.41, 5.74) is 3.05. The maximum atomic E-state index is 12.9. The van der Waals surface area contributed by atoms with Crippen molar-refractivity contribution in [1.82, 2.24) is 9.47 Å². The molecule has 0 N–H and O–H groups in total. The van der Waals surface area contributed by atoms with Crippen molar-refractivity contribution in [3.63, 3.8) is 0 Å². The number of carbonyl (C=O) groups excluding carboxylic acids is 1. The van der Waals surface area contributed by atoms with Gasteiger partial charge in [0.25, 0.3) is 0 Å². The van der Waals surface area contributed by atoms with E-state index in [0.717, 1.165) is 33.2 Å². The third kappa shape index (κ3) is 2.77. The van der Waals surface area contributed by atoms with Gasteiger partial charge in [0.1, 0.15) is 11.3 Å². The van der Waals surface area contributed by atoms with Gasteiger partial charge in [-0.2, -0.15) is 0 Å². The smallest absolute Gasteiger partial charge is 0.227 e. The fourth-order valence-electron chi connectivity index (χ4n) is 3.47. The Morgan fingerprint density at radius 1 is 1.15 bits per heavy atom. The molecule has 4 nitrogen and oxygen atoms in total. The molecule has 0 aliphatic heterocycles. The molecule has 0 radical (unpaired) electrons. The van der Waals surface area contributed by atoms with Crippen LogP contribution in [0.3, 0.4) is 0 Å². The summed E-state index contributed by atoms with van der Waals surface area (Å²) >= 11 is 0. The summed E-state index contributed by atoms with van der Waals surface area (Å²) in [6.07, 6.45) is 2.42. The number of fused-ring (bicyclic) bond motifs is 2. The number of rotatable bonds is 4. The first kappa shape index (κ1) is 16.5. The topological polar surface area (TPSA) is 38.4 Å². The van der Waals surface area contributed by atoms with Gasteiger partial charge in [-0.1, -0.05) is 36.4 Å². The Morgan fingerprint density at radius 2 is 1.88 bits per heavy atom. The molecule has 0 aliphatic rings. The van der Waals surface area contributed by atoms with Gasteiger partial charge in [-0.25, -0.2) is 0 Å². The normalized spacial score (nSPS) is 12.6. The van der Waals surface area contributed by atoms with Crippen LogP contribution in [0.25, 0.3) is 21.9 Å². The summed E-state index contributed by atoms with van der Waals surface area (Å²) in [6.45, 7) is 2.00. The molecule has 1 atom stereocenters. The zero-order valence-electron chi connectivity index (χ0n) is 15.3. The van der Waals surface area contributed by atoms with Crippen LogP contribution in [0.1, 0.15) is 24.3 Å². The molecule has 0 saturated heterocycles. The predicted octanol–water partition coefficient (Wildman–Crippen LogP) is 4.69. The number of aromatic nitrogens is 1. The first-order valence-electron chi connectivity index (χ1n) is 8.81. The largest absolute Gasteiger partial charge is 0.459 e. The van der Waals surface area contributed by atoms with Crippen LogP contribution in [0.5, 0.6) is 0 Å². The molecule has 4 heteroatoms. The van der Waals surface area contributed by atoms with Crippen molar-refractivity contribution in [2.24, 2.45) is 7.05 Å². The number of para-hydroxylation sites is 2. The Kier molecular flexibility index (Phi) is 4.03. The van der Waals surface area contributed by atoms with Gasteiger partial charge in [0, 0.05) is 36.6 Å². The second-order valence-corrected chi connectivity index (χ2v) is 6.83. The lowest BCUT2D eigenvalue weighted by molar-refractivity contribution is -0.131. The van der Waals surface area contributed by atoms with Gasteiger partial charge in [0.15, 0.2) is 0 Å². The van der Waals surface area contributed by atoms with Crippen molar-refractivity contribution >= 4 is 27.8 Å². The predicted molar refractivity (Wildman–Crippen MR) is 104 cm³/mol. The summed E-state index contributed by atoms with van der Waals surface area (Å²) in [5.74, 6) is 0.884. The van der Waals surface area contributed by atoms with Crippen molar-refractivity contribution in [3.8, 4) is 0 Å². The van der Waals surface area contributed by atoms with Gasteiger partial charge in [-0.15, -0.1) is 0 Å². The van der Waals surface area contributed by atoms with Crippen LogP contribution in [-0.2, 0) is 18.3 Å². The Labute approximate surface area is 152 Å². The van der Waals surface area contributed by atoms with E-state index in [9.17, 15) is 4.79 Å². The van der Waals surface area contributed by atoms with Crippen molar-refractivity contribution in [2.75, 3.05) is 7.05 Å². The van der Waals surface area contributed by atoms with E-state index in [0.29, 0.717) is 6.42 Å². The highest BCUT2D eigenvalue weighted by Gasteiger charge is 2.22. The Morgan fingerprint density at radius 3 is 2.69 bits per heavy atom. The highest BCUT2D eigenvalue weighted by atomic mass is 16.3. The number of amides is 1. The highest BCUT2D eigenvalue weighted by Crippen LogP contribution is 2.28. The lowest BCUT2D eigenvalue weighted by atomic mass is 10.1. The molecule has 2 aromatic carbocycles. The number of hydrogen-bond donors (Lipinski definition) is 0. The number of benzene rings is 2. The molecule has 26 heavy (non-hydrogen) atoms. The molecule has 132 valence electrons. The number of carbonyl (C=O) groups is 1. The Bertz CT molecular complexity index is 1060. The van der Waals surface area contributed by atoms with E-state index in [1.54, 1.807) is 4.90 Å². The summed E-state index contributed by atoms with van der Waals surface area (Å²) in [4.78, 5) is 14.6. The molecule has 0 spiro atoms. The number of furan rings is 1. The van der Waals surface area contributed by atoms with E-state index in [-0.39, 0.29) is 11.9 Å². The second-order valence-electron chi connectivity index (χ2n) is 6.83. The summed E-state index contributed by atoms with van der Waals surface area (Å²) in [7, 11) is 3.85. The minimum Gasteiger partial charge on any atom is -0.459 e. The maximum Gasteiger partial charge on any atom is 0.227 e. The average molecular weight is 346 g/mol. The number of aryl methyl sites for hydroxylation is 1. The highest BCUT2D eigenvalue weighted by molar-refractivity contribution is 5.89. The lowest BCUT2D eigenvalue weighted by Gasteiger charge is -2.23. The zero-order valence-corrected chi connectivity index (χ0v) is 15.3.